The fourth-order valence-electron chi connectivity index (χ4n) is 2.80. The van der Waals surface area contributed by atoms with Crippen LogP contribution in [0.2, 0.25) is 5.02 Å². The molecule has 0 spiro atoms. The van der Waals surface area contributed by atoms with E-state index >= 15 is 0 Å². The number of rotatable bonds is 5. The van der Waals surface area contributed by atoms with Gasteiger partial charge in [-0.3, -0.25) is 4.79 Å². The molecule has 6 heteroatoms. The summed E-state index contributed by atoms with van der Waals surface area (Å²) in [5, 5.41) is 7.61. The number of nitrogens with one attached hydrogen (secondary N) is 1. The summed E-state index contributed by atoms with van der Waals surface area (Å²) in [4.78, 5) is 16.9. The molecule has 0 saturated heterocycles. The first kappa shape index (κ1) is 17.9. The number of halogens is 1. The quantitative estimate of drug-likeness (QED) is 0.507. The SMILES string of the molecule is O=C(Cc1ccc(Cl)cc1)Nc1ccccc1-c1nc(-c2ccccc2)no1. The van der Waals surface area contributed by atoms with E-state index in [1.165, 1.54) is 0 Å². The lowest BCUT2D eigenvalue weighted by molar-refractivity contribution is -0.115. The van der Waals surface area contributed by atoms with Gasteiger partial charge in [0.15, 0.2) is 0 Å². The van der Waals surface area contributed by atoms with Crippen LogP contribution in [0.25, 0.3) is 22.8 Å². The van der Waals surface area contributed by atoms with Crippen LogP contribution in [0.3, 0.4) is 0 Å². The maximum absolute atomic E-state index is 12.5. The molecule has 138 valence electrons. The molecule has 28 heavy (non-hydrogen) atoms. The molecule has 1 heterocycles. The Morgan fingerprint density at radius 2 is 1.64 bits per heavy atom. The number of anilines is 1. The van der Waals surface area contributed by atoms with Crippen LogP contribution in [-0.4, -0.2) is 16.0 Å². The molecule has 0 aliphatic heterocycles. The minimum Gasteiger partial charge on any atom is -0.334 e. The van der Waals surface area contributed by atoms with Crippen LogP contribution in [0.1, 0.15) is 5.56 Å². The van der Waals surface area contributed by atoms with Crippen molar-refractivity contribution in [2.45, 2.75) is 6.42 Å². The lowest BCUT2D eigenvalue weighted by Crippen LogP contribution is -2.15. The number of para-hydroxylation sites is 1. The van der Waals surface area contributed by atoms with E-state index in [-0.39, 0.29) is 12.3 Å². The number of carbonyl (C=O) groups is 1. The van der Waals surface area contributed by atoms with E-state index in [2.05, 4.69) is 15.5 Å². The van der Waals surface area contributed by atoms with Gasteiger partial charge in [0, 0.05) is 10.6 Å². The van der Waals surface area contributed by atoms with E-state index in [9.17, 15) is 4.79 Å². The fraction of sp³-hybridized carbons (Fsp3) is 0.0455. The predicted octanol–water partition coefficient (Wildman–Crippen LogP) is 5.24. The third-order valence-electron chi connectivity index (χ3n) is 4.17. The van der Waals surface area contributed by atoms with Gasteiger partial charge in [0.1, 0.15) is 0 Å². The summed E-state index contributed by atoms with van der Waals surface area (Å²) in [6.45, 7) is 0. The van der Waals surface area contributed by atoms with Crippen molar-refractivity contribution in [3.8, 4) is 22.8 Å². The Balaban J connectivity index is 1.55. The van der Waals surface area contributed by atoms with Crippen molar-refractivity contribution in [2.75, 3.05) is 5.32 Å². The van der Waals surface area contributed by atoms with Crippen molar-refractivity contribution in [2.24, 2.45) is 0 Å². The smallest absolute Gasteiger partial charge is 0.260 e. The minimum absolute atomic E-state index is 0.141. The Labute approximate surface area is 167 Å². The lowest BCUT2D eigenvalue weighted by atomic mass is 10.1. The maximum Gasteiger partial charge on any atom is 0.260 e. The zero-order valence-corrected chi connectivity index (χ0v) is 15.6. The Morgan fingerprint density at radius 3 is 2.43 bits per heavy atom. The van der Waals surface area contributed by atoms with Crippen molar-refractivity contribution >= 4 is 23.2 Å². The van der Waals surface area contributed by atoms with Gasteiger partial charge < -0.3 is 9.84 Å². The third-order valence-corrected chi connectivity index (χ3v) is 4.42. The molecule has 0 fully saturated rings. The summed E-state index contributed by atoms with van der Waals surface area (Å²) in [5.74, 6) is 0.705. The molecule has 1 N–H and O–H groups in total. The summed E-state index contributed by atoms with van der Waals surface area (Å²) in [6, 6.07) is 24.1. The number of amides is 1. The maximum atomic E-state index is 12.5. The molecule has 0 unspecified atom stereocenters. The van der Waals surface area contributed by atoms with Crippen molar-refractivity contribution in [3.05, 3.63) is 89.4 Å². The van der Waals surface area contributed by atoms with Crippen LogP contribution in [0, 0.1) is 0 Å². The second-order valence-corrected chi connectivity index (χ2v) is 6.62. The van der Waals surface area contributed by atoms with Crippen molar-refractivity contribution < 1.29 is 9.32 Å². The average Bonchev–Trinajstić information content (AvgIpc) is 3.21. The summed E-state index contributed by atoms with van der Waals surface area (Å²) >= 11 is 5.89. The molecule has 0 atom stereocenters. The van der Waals surface area contributed by atoms with Gasteiger partial charge in [0.25, 0.3) is 5.89 Å². The monoisotopic (exact) mass is 389 g/mol. The highest BCUT2D eigenvalue weighted by Crippen LogP contribution is 2.28. The Kier molecular flexibility index (Phi) is 5.17. The molecular formula is C22H16ClN3O2. The van der Waals surface area contributed by atoms with E-state index in [1.54, 1.807) is 12.1 Å². The molecule has 0 bridgehead atoms. The summed E-state index contributed by atoms with van der Waals surface area (Å²) in [5.41, 5.74) is 3.02. The highest BCUT2D eigenvalue weighted by atomic mass is 35.5. The van der Waals surface area contributed by atoms with E-state index in [1.807, 2.05) is 66.7 Å². The second-order valence-electron chi connectivity index (χ2n) is 6.19. The Bertz CT molecular complexity index is 1090. The highest BCUT2D eigenvalue weighted by Gasteiger charge is 2.15. The van der Waals surface area contributed by atoms with Crippen molar-refractivity contribution in [1.29, 1.82) is 0 Å². The van der Waals surface area contributed by atoms with E-state index < -0.39 is 0 Å². The molecule has 4 aromatic rings. The van der Waals surface area contributed by atoms with Gasteiger partial charge in [-0.05, 0) is 29.8 Å². The molecule has 3 aromatic carbocycles. The van der Waals surface area contributed by atoms with Crippen LogP contribution < -0.4 is 5.32 Å². The lowest BCUT2D eigenvalue weighted by Gasteiger charge is -2.08. The molecule has 0 radical (unpaired) electrons. The molecular weight excluding hydrogens is 374 g/mol. The standard InChI is InChI=1S/C22H16ClN3O2/c23-17-12-10-15(11-13-17)14-20(27)24-19-9-5-4-8-18(19)22-25-21(26-28-22)16-6-2-1-3-7-16/h1-13H,14H2,(H,24,27). The predicted molar refractivity (Wildman–Crippen MR) is 109 cm³/mol. The molecule has 0 aliphatic carbocycles. The molecule has 0 saturated carbocycles. The first-order valence-corrected chi connectivity index (χ1v) is 9.10. The number of nitrogens with zero attached hydrogens (tertiary/aromatic N) is 2. The van der Waals surface area contributed by atoms with Crippen LogP contribution in [-0.2, 0) is 11.2 Å². The van der Waals surface area contributed by atoms with Crippen LogP contribution in [0.15, 0.2) is 83.4 Å². The Hall–Kier alpha value is -3.44. The summed E-state index contributed by atoms with van der Waals surface area (Å²) < 4.78 is 5.43. The summed E-state index contributed by atoms with van der Waals surface area (Å²) in [6.07, 6.45) is 0.241. The van der Waals surface area contributed by atoms with Gasteiger partial charge in [-0.2, -0.15) is 4.98 Å². The summed E-state index contributed by atoms with van der Waals surface area (Å²) in [7, 11) is 0. The van der Waals surface area contributed by atoms with Crippen molar-refractivity contribution in [1.82, 2.24) is 10.1 Å². The number of hydrogen-bond acceptors (Lipinski definition) is 4. The number of carbonyl (C=O) groups excluding carboxylic acids is 1. The van der Waals surface area contributed by atoms with Gasteiger partial charge in [-0.15, -0.1) is 0 Å². The molecule has 4 rings (SSSR count). The van der Waals surface area contributed by atoms with Crippen LogP contribution in [0.4, 0.5) is 5.69 Å². The molecule has 1 aromatic heterocycles. The van der Waals surface area contributed by atoms with E-state index in [0.29, 0.717) is 28.0 Å². The van der Waals surface area contributed by atoms with Gasteiger partial charge in [-0.25, -0.2) is 0 Å². The molecule has 5 nitrogen and oxygen atoms in total. The van der Waals surface area contributed by atoms with E-state index in [4.69, 9.17) is 16.1 Å². The highest BCUT2D eigenvalue weighted by molar-refractivity contribution is 6.30. The van der Waals surface area contributed by atoms with Gasteiger partial charge >= 0.3 is 0 Å². The number of benzene rings is 3. The first-order chi connectivity index (χ1) is 13.7. The van der Waals surface area contributed by atoms with Gasteiger partial charge in [-0.1, -0.05) is 71.4 Å². The minimum atomic E-state index is -0.141. The second kappa shape index (κ2) is 8.06. The third kappa shape index (κ3) is 4.10. The average molecular weight is 390 g/mol. The van der Waals surface area contributed by atoms with Gasteiger partial charge in [0.2, 0.25) is 11.7 Å². The molecule has 0 aliphatic rings. The van der Waals surface area contributed by atoms with E-state index in [0.717, 1.165) is 11.1 Å². The largest absolute Gasteiger partial charge is 0.334 e. The number of hydrogen-bond donors (Lipinski definition) is 1. The first-order valence-electron chi connectivity index (χ1n) is 8.72. The molecule has 1 amide bonds. The zero-order chi connectivity index (χ0) is 19.3. The van der Waals surface area contributed by atoms with Crippen LogP contribution in [0.5, 0.6) is 0 Å². The zero-order valence-electron chi connectivity index (χ0n) is 14.8. The van der Waals surface area contributed by atoms with Crippen LogP contribution >= 0.6 is 11.6 Å². The Morgan fingerprint density at radius 1 is 0.929 bits per heavy atom. The topological polar surface area (TPSA) is 68.0 Å². The van der Waals surface area contributed by atoms with Gasteiger partial charge in [0.05, 0.1) is 17.7 Å². The number of aromatic nitrogens is 2. The fourth-order valence-corrected chi connectivity index (χ4v) is 2.92. The normalized spacial score (nSPS) is 10.6. The van der Waals surface area contributed by atoms with Crippen molar-refractivity contribution in [3.63, 3.8) is 0 Å².